The van der Waals surface area contributed by atoms with Crippen LogP contribution in [0.1, 0.15) is 11.1 Å². The predicted molar refractivity (Wildman–Crippen MR) is 97.4 cm³/mol. The first-order chi connectivity index (χ1) is 11.4. The van der Waals surface area contributed by atoms with Gasteiger partial charge < -0.3 is 19.7 Å². The van der Waals surface area contributed by atoms with Crippen LogP contribution in [0.15, 0.2) is 36.4 Å². The highest BCUT2D eigenvalue weighted by Gasteiger charge is 2.12. The molecule has 0 heterocycles. The lowest BCUT2D eigenvalue weighted by Crippen LogP contribution is -2.16. The van der Waals surface area contributed by atoms with Crippen LogP contribution < -0.4 is 19.7 Å². The molecule has 0 saturated carbocycles. The number of hydrogen-bond acceptors (Lipinski definition) is 4. The third kappa shape index (κ3) is 4.19. The van der Waals surface area contributed by atoms with Gasteiger partial charge in [-0.2, -0.15) is 0 Å². The Hall–Kier alpha value is -2.69. The minimum Gasteiger partial charge on any atom is -0.493 e. The number of ether oxygens (including phenoxy) is 2. The number of nitrogens with zero attached hydrogens (tertiary/aromatic N) is 1. The van der Waals surface area contributed by atoms with Crippen LogP contribution in [0.5, 0.6) is 11.5 Å². The van der Waals surface area contributed by atoms with Crippen molar-refractivity contribution in [3.63, 3.8) is 0 Å². The summed E-state index contributed by atoms with van der Waals surface area (Å²) in [6, 6.07) is 11.5. The first-order valence-electron chi connectivity index (χ1n) is 7.73. The molecule has 5 heteroatoms. The molecule has 0 aliphatic rings. The second kappa shape index (κ2) is 7.73. The summed E-state index contributed by atoms with van der Waals surface area (Å²) in [6.45, 7) is 1.96. The van der Waals surface area contributed by atoms with E-state index in [1.807, 2.05) is 62.3 Å². The van der Waals surface area contributed by atoms with Gasteiger partial charge >= 0.3 is 0 Å². The van der Waals surface area contributed by atoms with Crippen LogP contribution in [-0.4, -0.2) is 34.2 Å². The number of aryl methyl sites for hydroxylation is 1. The first-order valence-corrected chi connectivity index (χ1v) is 7.73. The Morgan fingerprint density at radius 1 is 1.08 bits per heavy atom. The zero-order chi connectivity index (χ0) is 17.7. The van der Waals surface area contributed by atoms with Crippen LogP contribution >= 0.6 is 0 Å². The number of rotatable bonds is 6. The SMILES string of the molecule is COc1cc(C)c(CC(=O)Nc2cccc(N(C)C)c2)cc1OC. The standard InChI is InChI=1S/C19H24N2O3/c1-13-9-17(23-4)18(24-5)10-14(13)11-19(22)20-15-7-6-8-16(12-15)21(2)3/h6-10,12H,11H2,1-5H3,(H,20,22). The Morgan fingerprint density at radius 2 is 1.75 bits per heavy atom. The van der Waals surface area contributed by atoms with Crippen molar-refractivity contribution >= 4 is 17.3 Å². The van der Waals surface area contributed by atoms with Gasteiger partial charge in [0.1, 0.15) is 0 Å². The van der Waals surface area contributed by atoms with Gasteiger partial charge in [0.05, 0.1) is 20.6 Å². The molecule has 2 aromatic rings. The van der Waals surface area contributed by atoms with E-state index in [0.29, 0.717) is 11.5 Å². The molecule has 2 aromatic carbocycles. The molecule has 0 spiro atoms. The third-order valence-electron chi connectivity index (χ3n) is 3.84. The average Bonchev–Trinajstić information content (AvgIpc) is 2.56. The summed E-state index contributed by atoms with van der Waals surface area (Å²) in [5.41, 5.74) is 3.72. The van der Waals surface area contributed by atoms with E-state index in [1.54, 1.807) is 14.2 Å². The molecular weight excluding hydrogens is 304 g/mol. The van der Waals surface area contributed by atoms with Gasteiger partial charge in [-0.1, -0.05) is 6.07 Å². The summed E-state index contributed by atoms with van der Waals surface area (Å²) in [5, 5.41) is 2.94. The summed E-state index contributed by atoms with van der Waals surface area (Å²) in [5.74, 6) is 1.22. The minimum absolute atomic E-state index is 0.0683. The maximum absolute atomic E-state index is 12.4. The molecule has 128 valence electrons. The summed E-state index contributed by atoms with van der Waals surface area (Å²) >= 11 is 0. The molecule has 0 radical (unpaired) electrons. The van der Waals surface area contributed by atoms with E-state index in [0.717, 1.165) is 22.5 Å². The molecule has 2 rings (SSSR count). The van der Waals surface area contributed by atoms with E-state index in [1.165, 1.54) is 0 Å². The molecule has 0 bridgehead atoms. The number of hydrogen-bond donors (Lipinski definition) is 1. The van der Waals surface area contributed by atoms with Gasteiger partial charge in [0.2, 0.25) is 5.91 Å². The van der Waals surface area contributed by atoms with Crippen molar-refractivity contribution in [2.75, 3.05) is 38.5 Å². The smallest absolute Gasteiger partial charge is 0.228 e. The van der Waals surface area contributed by atoms with Crippen LogP contribution in [-0.2, 0) is 11.2 Å². The molecule has 1 amide bonds. The molecule has 0 unspecified atom stereocenters. The predicted octanol–water partition coefficient (Wildman–Crippen LogP) is 3.26. The molecule has 0 aromatic heterocycles. The lowest BCUT2D eigenvalue weighted by atomic mass is 10.0. The van der Waals surface area contributed by atoms with Gasteiger partial charge in [0.15, 0.2) is 11.5 Å². The zero-order valence-electron chi connectivity index (χ0n) is 14.8. The number of amides is 1. The first kappa shape index (κ1) is 17.7. The quantitative estimate of drug-likeness (QED) is 0.884. The Kier molecular flexibility index (Phi) is 5.68. The maximum atomic E-state index is 12.4. The normalized spacial score (nSPS) is 10.2. The van der Waals surface area contributed by atoms with Crippen LogP contribution in [0, 0.1) is 6.92 Å². The van der Waals surface area contributed by atoms with Crippen LogP contribution in [0.3, 0.4) is 0 Å². The fourth-order valence-corrected chi connectivity index (χ4v) is 2.45. The highest BCUT2D eigenvalue weighted by atomic mass is 16.5. The largest absolute Gasteiger partial charge is 0.493 e. The molecule has 0 atom stereocenters. The third-order valence-corrected chi connectivity index (χ3v) is 3.84. The second-order valence-corrected chi connectivity index (χ2v) is 5.80. The topological polar surface area (TPSA) is 50.8 Å². The average molecular weight is 328 g/mol. The van der Waals surface area contributed by atoms with Gasteiger partial charge in [-0.15, -0.1) is 0 Å². The second-order valence-electron chi connectivity index (χ2n) is 5.80. The fraction of sp³-hybridized carbons (Fsp3) is 0.316. The van der Waals surface area contributed by atoms with Crippen molar-refractivity contribution in [2.24, 2.45) is 0 Å². The van der Waals surface area contributed by atoms with Crippen molar-refractivity contribution in [2.45, 2.75) is 13.3 Å². The fourth-order valence-electron chi connectivity index (χ4n) is 2.45. The molecule has 5 nitrogen and oxygen atoms in total. The van der Waals surface area contributed by atoms with Gasteiger partial charge in [0, 0.05) is 25.5 Å². The van der Waals surface area contributed by atoms with Crippen LogP contribution in [0.25, 0.3) is 0 Å². The zero-order valence-corrected chi connectivity index (χ0v) is 14.8. The van der Waals surface area contributed by atoms with Gasteiger partial charge in [0.25, 0.3) is 0 Å². The van der Waals surface area contributed by atoms with E-state index < -0.39 is 0 Å². The molecule has 0 fully saturated rings. The van der Waals surface area contributed by atoms with E-state index in [-0.39, 0.29) is 12.3 Å². The number of carbonyl (C=O) groups excluding carboxylic acids is 1. The summed E-state index contributed by atoms with van der Waals surface area (Å²) < 4.78 is 10.6. The van der Waals surface area contributed by atoms with E-state index in [2.05, 4.69) is 5.32 Å². The van der Waals surface area contributed by atoms with E-state index in [4.69, 9.17) is 9.47 Å². The molecule has 0 saturated heterocycles. The Labute approximate surface area is 143 Å². The number of carbonyl (C=O) groups is 1. The number of anilines is 2. The molecule has 1 N–H and O–H groups in total. The number of nitrogens with one attached hydrogen (secondary N) is 1. The van der Waals surface area contributed by atoms with Crippen molar-refractivity contribution in [1.82, 2.24) is 0 Å². The van der Waals surface area contributed by atoms with Gasteiger partial charge in [-0.3, -0.25) is 4.79 Å². The van der Waals surface area contributed by atoms with Crippen molar-refractivity contribution in [3.8, 4) is 11.5 Å². The molecule has 24 heavy (non-hydrogen) atoms. The Balaban J connectivity index is 2.14. The highest BCUT2D eigenvalue weighted by molar-refractivity contribution is 5.93. The Morgan fingerprint density at radius 3 is 2.38 bits per heavy atom. The van der Waals surface area contributed by atoms with E-state index in [9.17, 15) is 4.79 Å². The van der Waals surface area contributed by atoms with Gasteiger partial charge in [-0.05, 0) is 48.4 Å². The van der Waals surface area contributed by atoms with Crippen molar-refractivity contribution < 1.29 is 14.3 Å². The maximum Gasteiger partial charge on any atom is 0.228 e. The molecule has 0 aliphatic carbocycles. The lowest BCUT2D eigenvalue weighted by Gasteiger charge is -2.15. The summed E-state index contributed by atoms with van der Waals surface area (Å²) in [4.78, 5) is 14.4. The molecular formula is C19H24N2O3. The summed E-state index contributed by atoms with van der Waals surface area (Å²) in [6.07, 6.45) is 0.276. The highest BCUT2D eigenvalue weighted by Crippen LogP contribution is 2.30. The van der Waals surface area contributed by atoms with Crippen molar-refractivity contribution in [1.29, 1.82) is 0 Å². The summed E-state index contributed by atoms with van der Waals surface area (Å²) in [7, 11) is 7.12. The molecule has 0 aliphatic heterocycles. The van der Waals surface area contributed by atoms with Crippen LogP contribution in [0.2, 0.25) is 0 Å². The number of methoxy groups -OCH3 is 2. The number of benzene rings is 2. The van der Waals surface area contributed by atoms with Crippen molar-refractivity contribution in [3.05, 3.63) is 47.5 Å². The Bertz CT molecular complexity index is 727. The van der Waals surface area contributed by atoms with E-state index >= 15 is 0 Å². The van der Waals surface area contributed by atoms with Crippen LogP contribution in [0.4, 0.5) is 11.4 Å². The monoisotopic (exact) mass is 328 g/mol. The van der Waals surface area contributed by atoms with Gasteiger partial charge in [-0.25, -0.2) is 0 Å². The minimum atomic E-state index is -0.0683. The lowest BCUT2D eigenvalue weighted by molar-refractivity contribution is -0.115.